The topological polar surface area (TPSA) is 80.5 Å². The molecule has 0 aromatic heterocycles. The molecule has 0 aliphatic heterocycles. The molecule has 0 heterocycles. The zero-order valence-electron chi connectivity index (χ0n) is 8.47. The van der Waals surface area contributed by atoms with Crippen LogP contribution in [0.4, 0.5) is 11.4 Å². The van der Waals surface area contributed by atoms with E-state index in [2.05, 4.69) is 0 Å². The first-order chi connectivity index (χ1) is 6.82. The van der Waals surface area contributed by atoms with Crippen molar-refractivity contribution < 1.29 is 13.2 Å². The van der Waals surface area contributed by atoms with Crippen LogP contribution in [0.1, 0.15) is 6.92 Å². The number of hydrogen-bond acceptors (Lipinski definition) is 4. The number of sulfonamides is 1. The SMILES string of the molecule is CC(=O)N(c1ccc(N)cc1)S(C)(=O)=O. The lowest BCUT2D eigenvalue weighted by Gasteiger charge is -2.18. The minimum Gasteiger partial charge on any atom is -0.399 e. The molecule has 0 bridgehead atoms. The van der Waals surface area contributed by atoms with Gasteiger partial charge in [0.15, 0.2) is 0 Å². The number of rotatable bonds is 2. The lowest BCUT2D eigenvalue weighted by molar-refractivity contribution is -0.115. The number of nitrogen functional groups attached to an aromatic ring is 1. The summed E-state index contributed by atoms with van der Waals surface area (Å²) in [5, 5.41) is 0. The van der Waals surface area contributed by atoms with E-state index in [1.54, 1.807) is 0 Å². The van der Waals surface area contributed by atoms with Gasteiger partial charge in [0.05, 0.1) is 11.9 Å². The van der Waals surface area contributed by atoms with Gasteiger partial charge >= 0.3 is 0 Å². The Morgan fingerprint density at radius 1 is 1.27 bits per heavy atom. The Bertz CT molecular complexity index is 465. The molecule has 0 unspecified atom stereocenters. The Labute approximate surface area is 88.5 Å². The summed E-state index contributed by atoms with van der Waals surface area (Å²) < 4.78 is 23.4. The number of carbonyl (C=O) groups is 1. The molecule has 0 atom stereocenters. The van der Waals surface area contributed by atoms with Gasteiger partial charge in [-0.15, -0.1) is 0 Å². The molecule has 1 aromatic rings. The molecule has 0 saturated heterocycles. The van der Waals surface area contributed by atoms with Crippen molar-refractivity contribution in [3.05, 3.63) is 24.3 Å². The summed E-state index contributed by atoms with van der Waals surface area (Å²) >= 11 is 0. The molecular weight excluding hydrogens is 216 g/mol. The van der Waals surface area contributed by atoms with E-state index in [-0.39, 0.29) is 0 Å². The largest absolute Gasteiger partial charge is 0.399 e. The van der Waals surface area contributed by atoms with Crippen LogP contribution in [0.2, 0.25) is 0 Å². The molecule has 82 valence electrons. The fourth-order valence-corrected chi connectivity index (χ4v) is 2.19. The minimum atomic E-state index is -3.59. The highest BCUT2D eigenvalue weighted by atomic mass is 32.2. The molecule has 1 rings (SSSR count). The van der Waals surface area contributed by atoms with E-state index in [0.29, 0.717) is 11.4 Å². The van der Waals surface area contributed by atoms with E-state index >= 15 is 0 Å². The Kier molecular flexibility index (Phi) is 2.99. The molecule has 0 radical (unpaired) electrons. The van der Waals surface area contributed by atoms with Gasteiger partial charge < -0.3 is 5.73 Å². The number of benzene rings is 1. The van der Waals surface area contributed by atoms with Gasteiger partial charge in [0.1, 0.15) is 0 Å². The lowest BCUT2D eigenvalue weighted by atomic mass is 10.3. The predicted octanol–water partition coefficient (Wildman–Crippen LogP) is 0.581. The van der Waals surface area contributed by atoms with Crippen molar-refractivity contribution in [3.8, 4) is 0 Å². The molecule has 1 aromatic carbocycles. The fourth-order valence-electron chi connectivity index (χ4n) is 1.22. The van der Waals surface area contributed by atoms with Crippen LogP contribution in [0.5, 0.6) is 0 Å². The van der Waals surface area contributed by atoms with Crippen LogP contribution in [0, 0.1) is 0 Å². The Morgan fingerprint density at radius 2 is 1.73 bits per heavy atom. The fraction of sp³-hybridized carbons (Fsp3) is 0.222. The van der Waals surface area contributed by atoms with E-state index in [4.69, 9.17) is 5.73 Å². The number of nitrogens with zero attached hydrogens (tertiary/aromatic N) is 1. The summed E-state index contributed by atoms with van der Waals surface area (Å²) in [7, 11) is -3.59. The highest BCUT2D eigenvalue weighted by molar-refractivity contribution is 7.92. The number of anilines is 2. The maximum Gasteiger partial charge on any atom is 0.238 e. The molecule has 5 nitrogen and oxygen atoms in total. The van der Waals surface area contributed by atoms with Crippen LogP contribution in [-0.4, -0.2) is 20.6 Å². The molecule has 0 aliphatic carbocycles. The first-order valence-corrected chi connectivity index (χ1v) is 6.03. The molecule has 0 saturated carbocycles. The number of nitrogens with two attached hydrogens (primary N) is 1. The number of amides is 1. The van der Waals surface area contributed by atoms with E-state index in [0.717, 1.165) is 10.6 Å². The average molecular weight is 228 g/mol. The first-order valence-electron chi connectivity index (χ1n) is 4.19. The minimum absolute atomic E-state index is 0.291. The lowest BCUT2D eigenvalue weighted by Crippen LogP contribution is -2.34. The van der Waals surface area contributed by atoms with Gasteiger partial charge in [0.2, 0.25) is 15.9 Å². The van der Waals surface area contributed by atoms with Crippen molar-refractivity contribution in [2.24, 2.45) is 0 Å². The van der Waals surface area contributed by atoms with Gasteiger partial charge in [-0.1, -0.05) is 0 Å². The number of hydrogen-bond donors (Lipinski definition) is 1. The second kappa shape index (κ2) is 3.90. The van der Waals surface area contributed by atoms with Gasteiger partial charge in [-0.3, -0.25) is 4.79 Å². The van der Waals surface area contributed by atoms with Crippen LogP contribution >= 0.6 is 0 Å². The van der Waals surface area contributed by atoms with Crippen molar-refractivity contribution in [1.29, 1.82) is 0 Å². The molecule has 15 heavy (non-hydrogen) atoms. The van der Waals surface area contributed by atoms with Crippen LogP contribution < -0.4 is 10.0 Å². The molecular formula is C9H12N2O3S. The molecule has 0 aliphatic rings. The summed E-state index contributed by atoms with van der Waals surface area (Å²) in [6.45, 7) is 1.19. The van der Waals surface area contributed by atoms with Gasteiger partial charge in [-0.25, -0.2) is 12.7 Å². The highest BCUT2D eigenvalue weighted by Crippen LogP contribution is 2.19. The van der Waals surface area contributed by atoms with Gasteiger partial charge in [0.25, 0.3) is 0 Å². The summed E-state index contributed by atoms with van der Waals surface area (Å²) in [4.78, 5) is 11.2. The second-order valence-corrected chi connectivity index (χ2v) is 4.97. The van der Waals surface area contributed by atoms with Crippen molar-refractivity contribution in [2.75, 3.05) is 16.3 Å². The van der Waals surface area contributed by atoms with Crippen molar-refractivity contribution >= 4 is 27.3 Å². The quantitative estimate of drug-likeness (QED) is 0.751. The van der Waals surface area contributed by atoms with E-state index in [1.807, 2.05) is 0 Å². The predicted molar refractivity (Wildman–Crippen MR) is 58.9 cm³/mol. The maximum atomic E-state index is 11.3. The third kappa shape index (κ3) is 2.69. The molecule has 2 N–H and O–H groups in total. The van der Waals surface area contributed by atoms with E-state index < -0.39 is 15.9 Å². The summed E-state index contributed by atoms with van der Waals surface area (Å²) in [5.41, 5.74) is 6.26. The number of carbonyl (C=O) groups excluding carboxylic acids is 1. The normalized spacial score (nSPS) is 11.1. The molecule has 1 amide bonds. The smallest absolute Gasteiger partial charge is 0.238 e. The zero-order chi connectivity index (χ0) is 11.6. The molecule has 0 spiro atoms. The monoisotopic (exact) mass is 228 g/mol. The van der Waals surface area contributed by atoms with Crippen LogP contribution in [0.25, 0.3) is 0 Å². The Morgan fingerprint density at radius 3 is 2.07 bits per heavy atom. The van der Waals surface area contributed by atoms with Gasteiger partial charge in [0, 0.05) is 12.6 Å². The van der Waals surface area contributed by atoms with Crippen LogP contribution in [0.15, 0.2) is 24.3 Å². The zero-order valence-corrected chi connectivity index (χ0v) is 9.28. The Hall–Kier alpha value is -1.56. The highest BCUT2D eigenvalue weighted by Gasteiger charge is 2.21. The second-order valence-electron chi connectivity index (χ2n) is 3.14. The van der Waals surface area contributed by atoms with Crippen LogP contribution in [-0.2, 0) is 14.8 Å². The summed E-state index contributed by atoms with van der Waals surface area (Å²) in [6.07, 6.45) is 0.977. The van der Waals surface area contributed by atoms with Crippen molar-refractivity contribution in [1.82, 2.24) is 0 Å². The van der Waals surface area contributed by atoms with Gasteiger partial charge in [-0.2, -0.15) is 0 Å². The van der Waals surface area contributed by atoms with Crippen molar-refractivity contribution in [2.45, 2.75) is 6.92 Å². The Balaban J connectivity index is 3.23. The van der Waals surface area contributed by atoms with Crippen LogP contribution in [0.3, 0.4) is 0 Å². The first kappa shape index (κ1) is 11.5. The summed E-state index contributed by atoms with van der Waals surface area (Å²) in [6, 6.07) is 6.04. The third-order valence-electron chi connectivity index (χ3n) is 1.75. The molecule has 6 heteroatoms. The van der Waals surface area contributed by atoms with Crippen molar-refractivity contribution in [3.63, 3.8) is 0 Å². The molecule has 0 fully saturated rings. The standard InChI is InChI=1S/C9H12N2O3S/c1-7(12)11(15(2,13)14)9-5-3-8(10)4-6-9/h3-6H,10H2,1-2H3. The van der Waals surface area contributed by atoms with E-state index in [1.165, 1.54) is 31.2 Å². The average Bonchev–Trinajstić information content (AvgIpc) is 2.05. The van der Waals surface area contributed by atoms with Gasteiger partial charge in [-0.05, 0) is 24.3 Å². The van der Waals surface area contributed by atoms with E-state index in [9.17, 15) is 13.2 Å². The summed E-state index contributed by atoms with van der Waals surface area (Å²) in [5.74, 6) is -0.553. The maximum absolute atomic E-state index is 11.3. The third-order valence-corrected chi connectivity index (χ3v) is 2.88.